The topological polar surface area (TPSA) is 46.3 Å². The molecule has 0 radical (unpaired) electrons. The zero-order chi connectivity index (χ0) is 14.5. The highest BCUT2D eigenvalue weighted by Crippen LogP contribution is 2.23. The highest BCUT2D eigenvalue weighted by Gasteiger charge is 2.19. The van der Waals surface area contributed by atoms with Crippen molar-refractivity contribution in [1.82, 2.24) is 0 Å². The fourth-order valence-electron chi connectivity index (χ4n) is 1.88. The lowest BCUT2D eigenvalue weighted by atomic mass is 10.1. The molecule has 0 fully saturated rings. The van der Waals surface area contributed by atoms with Crippen LogP contribution in [0.3, 0.4) is 0 Å². The number of halogens is 2. The number of hydrogen-bond acceptors (Lipinski definition) is 2. The van der Waals surface area contributed by atoms with Crippen molar-refractivity contribution in [3.63, 3.8) is 0 Å². The summed E-state index contributed by atoms with van der Waals surface area (Å²) in [6.45, 7) is 0.768. The second-order valence-corrected chi connectivity index (χ2v) is 5.05. The molecule has 0 spiro atoms. The molecule has 2 N–H and O–H groups in total. The molecular weight excluding hydrogens is 295 g/mol. The molecule has 0 aliphatic rings. The Morgan fingerprint density at radius 2 is 1.70 bits per heavy atom. The molecule has 0 atom stereocenters. The smallest absolute Gasteiger partial charge is 0.259 e. The Hall–Kier alpha value is -1.55. The molecule has 1 amide bonds. The van der Waals surface area contributed by atoms with Crippen molar-refractivity contribution in [3.05, 3.63) is 64.1 Å². The van der Waals surface area contributed by atoms with Crippen LogP contribution in [0.2, 0.25) is 10.0 Å². The third kappa shape index (κ3) is 3.31. The monoisotopic (exact) mass is 308 g/mol. The Morgan fingerprint density at radius 1 is 1.05 bits per heavy atom. The number of hydrogen-bond donors (Lipinski definition) is 1. The van der Waals surface area contributed by atoms with Crippen LogP contribution < -0.4 is 10.6 Å². The molecule has 104 valence electrons. The van der Waals surface area contributed by atoms with E-state index in [-0.39, 0.29) is 5.91 Å². The van der Waals surface area contributed by atoms with Gasteiger partial charge < -0.3 is 10.6 Å². The van der Waals surface area contributed by atoms with E-state index < -0.39 is 0 Å². The number of benzene rings is 2. The van der Waals surface area contributed by atoms with E-state index in [9.17, 15) is 4.79 Å². The van der Waals surface area contributed by atoms with E-state index in [1.807, 2.05) is 0 Å². The Bertz CT molecular complexity index is 599. The van der Waals surface area contributed by atoms with E-state index in [4.69, 9.17) is 28.9 Å². The molecule has 0 bridgehead atoms. The van der Waals surface area contributed by atoms with Crippen LogP contribution in [0.25, 0.3) is 0 Å². The van der Waals surface area contributed by atoms with E-state index >= 15 is 0 Å². The normalized spacial score (nSPS) is 10.3. The SMILES string of the molecule is NCCN(C(=O)c1ccccc1Cl)c1ccc(Cl)cc1. The highest BCUT2D eigenvalue weighted by molar-refractivity contribution is 6.34. The maximum Gasteiger partial charge on any atom is 0.259 e. The van der Waals surface area contributed by atoms with E-state index in [0.29, 0.717) is 28.7 Å². The minimum absolute atomic E-state index is 0.177. The maximum atomic E-state index is 12.6. The summed E-state index contributed by atoms with van der Waals surface area (Å²) in [5.41, 5.74) is 6.79. The van der Waals surface area contributed by atoms with Gasteiger partial charge in [-0.1, -0.05) is 35.3 Å². The molecule has 0 unspecified atom stereocenters. The lowest BCUT2D eigenvalue weighted by Gasteiger charge is -2.22. The van der Waals surface area contributed by atoms with Crippen LogP contribution in [-0.4, -0.2) is 19.0 Å². The third-order valence-electron chi connectivity index (χ3n) is 2.84. The van der Waals surface area contributed by atoms with E-state index in [2.05, 4.69) is 0 Å². The van der Waals surface area contributed by atoms with Crippen LogP contribution in [0.4, 0.5) is 5.69 Å². The fraction of sp³-hybridized carbons (Fsp3) is 0.133. The molecule has 2 aromatic rings. The van der Waals surface area contributed by atoms with E-state index in [0.717, 1.165) is 5.69 Å². The lowest BCUT2D eigenvalue weighted by molar-refractivity contribution is 0.0988. The van der Waals surface area contributed by atoms with Crippen LogP contribution in [0.15, 0.2) is 48.5 Å². The molecule has 2 rings (SSSR count). The lowest BCUT2D eigenvalue weighted by Crippen LogP contribution is -2.35. The number of anilines is 1. The van der Waals surface area contributed by atoms with Gasteiger partial charge in [-0.3, -0.25) is 4.79 Å². The summed E-state index contributed by atoms with van der Waals surface area (Å²) in [6, 6.07) is 14.0. The van der Waals surface area contributed by atoms with Gasteiger partial charge in [-0.25, -0.2) is 0 Å². The van der Waals surface area contributed by atoms with Crippen LogP contribution in [0, 0.1) is 0 Å². The Balaban J connectivity index is 2.36. The number of amides is 1. The number of nitrogens with zero attached hydrogens (tertiary/aromatic N) is 1. The van der Waals surface area contributed by atoms with Crippen LogP contribution in [0.5, 0.6) is 0 Å². The van der Waals surface area contributed by atoms with Crippen molar-refractivity contribution >= 4 is 34.8 Å². The molecular formula is C15H14Cl2N2O. The van der Waals surface area contributed by atoms with Crippen molar-refractivity contribution in [3.8, 4) is 0 Å². The second-order valence-electron chi connectivity index (χ2n) is 4.20. The number of carbonyl (C=O) groups is 1. The van der Waals surface area contributed by atoms with Crippen molar-refractivity contribution in [2.75, 3.05) is 18.0 Å². The number of nitrogens with two attached hydrogens (primary N) is 1. The molecule has 3 nitrogen and oxygen atoms in total. The van der Waals surface area contributed by atoms with E-state index in [1.54, 1.807) is 53.4 Å². The van der Waals surface area contributed by atoms with Gasteiger partial charge in [-0.05, 0) is 36.4 Å². The van der Waals surface area contributed by atoms with Crippen LogP contribution >= 0.6 is 23.2 Å². The quantitative estimate of drug-likeness (QED) is 0.938. The Morgan fingerprint density at radius 3 is 2.30 bits per heavy atom. The molecule has 5 heteroatoms. The van der Waals surface area contributed by atoms with E-state index in [1.165, 1.54) is 0 Å². The molecule has 0 aliphatic carbocycles. The first kappa shape index (κ1) is 14.9. The predicted octanol–water partition coefficient (Wildman–Crippen LogP) is 3.60. The van der Waals surface area contributed by atoms with Gasteiger partial charge >= 0.3 is 0 Å². The number of rotatable bonds is 4. The highest BCUT2D eigenvalue weighted by atomic mass is 35.5. The first-order valence-electron chi connectivity index (χ1n) is 6.15. The Kier molecular flexibility index (Phi) is 5.01. The summed E-state index contributed by atoms with van der Waals surface area (Å²) in [5.74, 6) is -0.177. The summed E-state index contributed by atoms with van der Waals surface area (Å²) >= 11 is 11.9. The standard InChI is InChI=1S/C15H14Cl2N2O/c16-11-5-7-12(8-6-11)19(10-9-18)15(20)13-3-1-2-4-14(13)17/h1-8H,9-10,18H2. The second kappa shape index (κ2) is 6.75. The molecule has 0 saturated heterocycles. The van der Waals surface area contributed by atoms with Crippen LogP contribution in [-0.2, 0) is 0 Å². The van der Waals surface area contributed by atoms with Crippen molar-refractivity contribution < 1.29 is 4.79 Å². The van der Waals surface area contributed by atoms with Crippen LogP contribution in [0.1, 0.15) is 10.4 Å². The summed E-state index contributed by atoms with van der Waals surface area (Å²) < 4.78 is 0. The maximum absolute atomic E-state index is 12.6. The summed E-state index contributed by atoms with van der Waals surface area (Å²) in [4.78, 5) is 14.2. The summed E-state index contributed by atoms with van der Waals surface area (Å²) in [5, 5.41) is 1.04. The molecule has 20 heavy (non-hydrogen) atoms. The van der Waals surface area contributed by atoms with Gasteiger partial charge in [0.2, 0.25) is 0 Å². The average Bonchev–Trinajstić information content (AvgIpc) is 2.46. The van der Waals surface area contributed by atoms with Gasteiger partial charge in [0.15, 0.2) is 0 Å². The summed E-state index contributed by atoms with van der Waals surface area (Å²) in [6.07, 6.45) is 0. The minimum Gasteiger partial charge on any atom is -0.329 e. The van der Waals surface area contributed by atoms with Crippen molar-refractivity contribution in [2.45, 2.75) is 0 Å². The van der Waals surface area contributed by atoms with Gasteiger partial charge in [-0.15, -0.1) is 0 Å². The zero-order valence-corrected chi connectivity index (χ0v) is 12.2. The van der Waals surface area contributed by atoms with Crippen molar-refractivity contribution in [2.24, 2.45) is 5.73 Å². The average molecular weight is 309 g/mol. The first-order valence-corrected chi connectivity index (χ1v) is 6.91. The number of carbonyl (C=O) groups excluding carboxylic acids is 1. The Labute approximate surface area is 127 Å². The third-order valence-corrected chi connectivity index (χ3v) is 3.42. The molecule has 2 aromatic carbocycles. The first-order chi connectivity index (χ1) is 9.63. The van der Waals surface area contributed by atoms with Crippen molar-refractivity contribution in [1.29, 1.82) is 0 Å². The molecule has 0 aromatic heterocycles. The van der Waals surface area contributed by atoms with Gasteiger partial charge in [0.25, 0.3) is 5.91 Å². The van der Waals surface area contributed by atoms with Gasteiger partial charge in [-0.2, -0.15) is 0 Å². The fourth-order valence-corrected chi connectivity index (χ4v) is 2.22. The largest absolute Gasteiger partial charge is 0.329 e. The predicted molar refractivity (Wildman–Crippen MR) is 83.6 cm³/mol. The molecule has 0 heterocycles. The van der Waals surface area contributed by atoms with Gasteiger partial charge in [0, 0.05) is 23.8 Å². The zero-order valence-electron chi connectivity index (χ0n) is 10.7. The molecule has 0 aliphatic heterocycles. The minimum atomic E-state index is -0.177. The molecule has 0 saturated carbocycles. The van der Waals surface area contributed by atoms with Gasteiger partial charge in [0.1, 0.15) is 0 Å². The summed E-state index contributed by atoms with van der Waals surface area (Å²) in [7, 11) is 0. The van der Waals surface area contributed by atoms with Gasteiger partial charge in [0.05, 0.1) is 10.6 Å².